The average molecular weight is 311 g/mol. The van der Waals surface area contributed by atoms with Crippen molar-refractivity contribution < 1.29 is 19.1 Å². The summed E-state index contributed by atoms with van der Waals surface area (Å²) in [5.41, 5.74) is 1.05. The number of imide groups is 1. The van der Waals surface area contributed by atoms with Crippen molar-refractivity contribution in [3.8, 4) is 5.75 Å². The van der Waals surface area contributed by atoms with Gasteiger partial charge in [-0.2, -0.15) is 0 Å². The third kappa shape index (κ3) is 3.69. The van der Waals surface area contributed by atoms with Crippen molar-refractivity contribution in [1.29, 1.82) is 0 Å². The van der Waals surface area contributed by atoms with E-state index >= 15 is 0 Å². The van der Waals surface area contributed by atoms with E-state index in [-0.39, 0.29) is 19.3 Å². The molecule has 1 aliphatic heterocycles. The first-order valence-corrected chi connectivity index (χ1v) is 7.44. The molecule has 3 rings (SSSR count). The summed E-state index contributed by atoms with van der Waals surface area (Å²) >= 11 is 0. The number of carbonyl (C=O) groups is 2. The van der Waals surface area contributed by atoms with Crippen LogP contribution in [0.1, 0.15) is 5.56 Å². The molecule has 0 N–H and O–H groups in total. The predicted molar refractivity (Wildman–Crippen MR) is 84.1 cm³/mol. The molecule has 0 spiro atoms. The standard InChI is InChI=1S/C18H17NO4/c20-17(13-22-16-9-5-2-6-10-16)19-15(12-23-18(19)21)11-14-7-3-1-4-8-14/h1-10,15H,11-13H2/t15-/m0/s1. The molecule has 23 heavy (non-hydrogen) atoms. The van der Waals surface area contributed by atoms with Crippen LogP contribution in [0.25, 0.3) is 0 Å². The van der Waals surface area contributed by atoms with Gasteiger partial charge in [-0.25, -0.2) is 9.69 Å². The minimum absolute atomic E-state index is 0.190. The topological polar surface area (TPSA) is 55.8 Å². The van der Waals surface area contributed by atoms with Gasteiger partial charge in [-0.15, -0.1) is 0 Å². The summed E-state index contributed by atoms with van der Waals surface area (Å²) < 4.78 is 10.5. The van der Waals surface area contributed by atoms with E-state index in [9.17, 15) is 9.59 Å². The lowest BCUT2D eigenvalue weighted by Crippen LogP contribution is -2.42. The van der Waals surface area contributed by atoms with Gasteiger partial charge in [-0.05, 0) is 24.1 Å². The Balaban J connectivity index is 1.63. The number of ether oxygens (including phenoxy) is 2. The van der Waals surface area contributed by atoms with Gasteiger partial charge in [0.15, 0.2) is 6.61 Å². The molecule has 1 saturated heterocycles. The van der Waals surface area contributed by atoms with Gasteiger partial charge in [0.1, 0.15) is 12.4 Å². The summed E-state index contributed by atoms with van der Waals surface area (Å²) in [5, 5.41) is 0. The summed E-state index contributed by atoms with van der Waals surface area (Å²) in [6, 6.07) is 18.4. The van der Waals surface area contributed by atoms with Crippen LogP contribution in [0.15, 0.2) is 60.7 Å². The Morgan fingerprint density at radius 3 is 2.43 bits per heavy atom. The molecular formula is C18H17NO4. The Morgan fingerprint density at radius 1 is 1.09 bits per heavy atom. The molecule has 0 bridgehead atoms. The SMILES string of the molecule is O=C(COc1ccccc1)N1C(=O)OC[C@@H]1Cc1ccccc1. The van der Waals surface area contributed by atoms with Crippen molar-refractivity contribution in [2.24, 2.45) is 0 Å². The molecule has 0 saturated carbocycles. The van der Waals surface area contributed by atoms with Crippen LogP contribution in [0.3, 0.4) is 0 Å². The van der Waals surface area contributed by atoms with Crippen LogP contribution in [0.5, 0.6) is 5.75 Å². The summed E-state index contributed by atoms with van der Waals surface area (Å²) in [7, 11) is 0. The van der Waals surface area contributed by atoms with E-state index in [0.29, 0.717) is 12.2 Å². The molecular weight excluding hydrogens is 294 g/mol. The largest absolute Gasteiger partial charge is 0.484 e. The molecule has 2 aromatic rings. The fourth-order valence-electron chi connectivity index (χ4n) is 2.53. The van der Waals surface area contributed by atoms with E-state index in [0.717, 1.165) is 10.5 Å². The highest BCUT2D eigenvalue weighted by Crippen LogP contribution is 2.18. The molecule has 1 fully saturated rings. The summed E-state index contributed by atoms with van der Waals surface area (Å²) in [4.78, 5) is 25.3. The first-order chi connectivity index (χ1) is 11.2. The van der Waals surface area contributed by atoms with Crippen molar-refractivity contribution >= 4 is 12.0 Å². The highest BCUT2D eigenvalue weighted by molar-refractivity contribution is 5.94. The van der Waals surface area contributed by atoms with Gasteiger partial charge in [0.05, 0.1) is 6.04 Å². The van der Waals surface area contributed by atoms with Gasteiger partial charge in [0.25, 0.3) is 5.91 Å². The quantitative estimate of drug-likeness (QED) is 0.852. The number of hydrogen-bond acceptors (Lipinski definition) is 4. The van der Waals surface area contributed by atoms with Crippen molar-refractivity contribution in [1.82, 2.24) is 4.90 Å². The molecule has 118 valence electrons. The second-order valence-corrected chi connectivity index (χ2v) is 5.29. The zero-order chi connectivity index (χ0) is 16.1. The lowest BCUT2D eigenvalue weighted by atomic mass is 10.1. The molecule has 1 heterocycles. The van der Waals surface area contributed by atoms with E-state index in [1.54, 1.807) is 12.1 Å². The first kappa shape index (κ1) is 15.1. The highest BCUT2D eigenvalue weighted by atomic mass is 16.6. The second kappa shape index (κ2) is 6.96. The van der Waals surface area contributed by atoms with E-state index in [1.807, 2.05) is 48.5 Å². The molecule has 0 unspecified atom stereocenters. The minimum Gasteiger partial charge on any atom is -0.484 e. The molecule has 0 aliphatic carbocycles. The Bertz CT molecular complexity index is 672. The van der Waals surface area contributed by atoms with Crippen LogP contribution in [-0.2, 0) is 16.0 Å². The lowest BCUT2D eigenvalue weighted by molar-refractivity contribution is -0.131. The van der Waals surface area contributed by atoms with Crippen LogP contribution in [0.4, 0.5) is 4.79 Å². The molecule has 0 radical (unpaired) electrons. The number of benzene rings is 2. The Labute approximate surface area is 134 Å². The van der Waals surface area contributed by atoms with Crippen LogP contribution >= 0.6 is 0 Å². The maximum Gasteiger partial charge on any atom is 0.417 e. The fraction of sp³-hybridized carbons (Fsp3) is 0.222. The second-order valence-electron chi connectivity index (χ2n) is 5.29. The fourth-order valence-corrected chi connectivity index (χ4v) is 2.53. The van der Waals surface area contributed by atoms with E-state index in [4.69, 9.17) is 9.47 Å². The molecule has 2 aromatic carbocycles. The zero-order valence-corrected chi connectivity index (χ0v) is 12.6. The molecule has 1 aliphatic rings. The van der Waals surface area contributed by atoms with Crippen molar-refractivity contribution in [3.05, 3.63) is 66.2 Å². The summed E-state index contributed by atoms with van der Waals surface area (Å²) in [6.07, 6.45) is -0.0310. The molecule has 5 nitrogen and oxygen atoms in total. The van der Waals surface area contributed by atoms with E-state index < -0.39 is 12.0 Å². The molecule has 0 aromatic heterocycles. The zero-order valence-electron chi connectivity index (χ0n) is 12.6. The van der Waals surface area contributed by atoms with E-state index in [2.05, 4.69) is 0 Å². The van der Waals surface area contributed by atoms with Gasteiger partial charge in [-0.1, -0.05) is 48.5 Å². The third-order valence-electron chi connectivity index (χ3n) is 3.65. The third-order valence-corrected chi connectivity index (χ3v) is 3.65. The Hall–Kier alpha value is -2.82. The van der Waals surface area contributed by atoms with Crippen LogP contribution in [0.2, 0.25) is 0 Å². The van der Waals surface area contributed by atoms with Gasteiger partial charge < -0.3 is 9.47 Å². The van der Waals surface area contributed by atoms with Crippen molar-refractivity contribution in [2.45, 2.75) is 12.5 Å². The van der Waals surface area contributed by atoms with Gasteiger partial charge in [0, 0.05) is 0 Å². The Morgan fingerprint density at radius 2 is 1.74 bits per heavy atom. The van der Waals surface area contributed by atoms with Crippen molar-refractivity contribution in [3.63, 3.8) is 0 Å². The van der Waals surface area contributed by atoms with Crippen LogP contribution < -0.4 is 4.74 Å². The number of rotatable bonds is 5. The maximum atomic E-state index is 12.3. The van der Waals surface area contributed by atoms with E-state index in [1.165, 1.54) is 0 Å². The minimum atomic E-state index is -0.604. The number of nitrogens with zero attached hydrogens (tertiary/aromatic N) is 1. The molecule has 1 atom stereocenters. The highest BCUT2D eigenvalue weighted by Gasteiger charge is 2.37. The van der Waals surface area contributed by atoms with Crippen molar-refractivity contribution in [2.75, 3.05) is 13.2 Å². The maximum absolute atomic E-state index is 12.3. The summed E-state index contributed by atoms with van der Waals surface area (Å²) in [5.74, 6) is 0.199. The van der Waals surface area contributed by atoms with Gasteiger partial charge in [0.2, 0.25) is 0 Å². The smallest absolute Gasteiger partial charge is 0.417 e. The number of para-hydroxylation sites is 1. The van der Waals surface area contributed by atoms with Crippen LogP contribution in [-0.4, -0.2) is 36.2 Å². The monoisotopic (exact) mass is 311 g/mol. The molecule has 2 amide bonds. The number of amides is 2. The number of carbonyl (C=O) groups excluding carboxylic acids is 2. The van der Waals surface area contributed by atoms with Gasteiger partial charge >= 0.3 is 6.09 Å². The number of cyclic esters (lactones) is 1. The number of hydrogen-bond donors (Lipinski definition) is 0. The molecule has 5 heteroatoms. The lowest BCUT2D eigenvalue weighted by Gasteiger charge is -2.19. The van der Waals surface area contributed by atoms with Crippen LogP contribution in [0, 0.1) is 0 Å². The first-order valence-electron chi connectivity index (χ1n) is 7.44. The average Bonchev–Trinajstić information content (AvgIpc) is 2.95. The van der Waals surface area contributed by atoms with Gasteiger partial charge in [-0.3, -0.25) is 4.79 Å². The Kier molecular flexibility index (Phi) is 4.57. The predicted octanol–water partition coefficient (Wildman–Crippen LogP) is 2.66. The summed E-state index contributed by atoms with van der Waals surface area (Å²) in [6.45, 7) is 0.0230. The normalized spacial score (nSPS) is 17.0.